The SMILES string of the molecule is CCc1ccccc1Nc1nc(C)cc(Nc2ccc(C(=O)OC)cc2)n1. The molecule has 0 aliphatic rings. The lowest BCUT2D eigenvalue weighted by Gasteiger charge is -2.12. The van der Waals surface area contributed by atoms with Crippen LogP contribution in [0.2, 0.25) is 0 Å². The van der Waals surface area contributed by atoms with Gasteiger partial charge in [0.15, 0.2) is 0 Å². The van der Waals surface area contributed by atoms with Crippen molar-refractivity contribution < 1.29 is 9.53 Å². The van der Waals surface area contributed by atoms with Gasteiger partial charge in [-0.05, 0) is 49.2 Å². The summed E-state index contributed by atoms with van der Waals surface area (Å²) in [5.41, 5.74) is 4.37. The van der Waals surface area contributed by atoms with Gasteiger partial charge in [0.05, 0.1) is 12.7 Å². The summed E-state index contributed by atoms with van der Waals surface area (Å²) in [5.74, 6) is 0.842. The third kappa shape index (κ3) is 4.61. The summed E-state index contributed by atoms with van der Waals surface area (Å²) >= 11 is 0. The molecule has 0 atom stereocenters. The minimum Gasteiger partial charge on any atom is -0.465 e. The molecule has 0 saturated heterocycles. The molecule has 0 aliphatic heterocycles. The number of anilines is 4. The van der Waals surface area contributed by atoms with Crippen LogP contribution >= 0.6 is 0 Å². The number of aryl methyl sites for hydroxylation is 2. The van der Waals surface area contributed by atoms with Crippen molar-refractivity contribution in [2.24, 2.45) is 0 Å². The summed E-state index contributed by atoms with van der Waals surface area (Å²) < 4.78 is 4.71. The van der Waals surface area contributed by atoms with E-state index >= 15 is 0 Å². The van der Waals surface area contributed by atoms with Crippen LogP contribution in [0.1, 0.15) is 28.5 Å². The summed E-state index contributed by atoms with van der Waals surface area (Å²) in [6.07, 6.45) is 0.923. The Morgan fingerprint density at radius 1 is 1.04 bits per heavy atom. The number of benzene rings is 2. The summed E-state index contributed by atoms with van der Waals surface area (Å²) in [6, 6.07) is 17.0. The molecule has 3 aromatic rings. The van der Waals surface area contributed by atoms with Gasteiger partial charge < -0.3 is 15.4 Å². The minimum atomic E-state index is -0.361. The fourth-order valence-corrected chi connectivity index (χ4v) is 2.71. The topological polar surface area (TPSA) is 76.1 Å². The minimum absolute atomic E-state index is 0.361. The van der Waals surface area contributed by atoms with Gasteiger partial charge in [-0.2, -0.15) is 4.98 Å². The number of nitrogens with one attached hydrogen (secondary N) is 2. The van der Waals surface area contributed by atoms with E-state index in [1.807, 2.05) is 43.3 Å². The first-order chi connectivity index (χ1) is 13.1. The van der Waals surface area contributed by atoms with E-state index in [-0.39, 0.29) is 5.97 Å². The van der Waals surface area contributed by atoms with Crippen LogP contribution in [0.4, 0.5) is 23.1 Å². The molecular weight excluding hydrogens is 340 g/mol. The summed E-state index contributed by atoms with van der Waals surface area (Å²) in [7, 11) is 1.36. The summed E-state index contributed by atoms with van der Waals surface area (Å²) in [5, 5.41) is 6.54. The van der Waals surface area contributed by atoms with E-state index in [1.165, 1.54) is 12.7 Å². The van der Waals surface area contributed by atoms with Crippen LogP contribution in [0, 0.1) is 6.92 Å². The van der Waals surface area contributed by atoms with Gasteiger partial charge in [0.25, 0.3) is 0 Å². The number of hydrogen-bond donors (Lipinski definition) is 2. The number of nitrogens with zero attached hydrogens (tertiary/aromatic N) is 2. The van der Waals surface area contributed by atoms with Crippen LogP contribution in [0.3, 0.4) is 0 Å². The zero-order valence-corrected chi connectivity index (χ0v) is 15.6. The Bertz CT molecular complexity index is 939. The molecule has 3 rings (SSSR count). The number of esters is 1. The third-order valence-electron chi connectivity index (χ3n) is 4.08. The van der Waals surface area contributed by atoms with E-state index in [0.29, 0.717) is 17.3 Å². The van der Waals surface area contributed by atoms with Gasteiger partial charge >= 0.3 is 5.97 Å². The van der Waals surface area contributed by atoms with E-state index < -0.39 is 0 Å². The molecule has 2 aromatic carbocycles. The number of aromatic nitrogens is 2. The summed E-state index contributed by atoms with van der Waals surface area (Å²) in [4.78, 5) is 20.5. The van der Waals surface area contributed by atoms with E-state index in [4.69, 9.17) is 4.74 Å². The van der Waals surface area contributed by atoms with Gasteiger partial charge in [-0.15, -0.1) is 0 Å². The van der Waals surface area contributed by atoms with E-state index in [2.05, 4.69) is 33.6 Å². The molecule has 0 saturated carbocycles. The molecule has 0 bridgehead atoms. The van der Waals surface area contributed by atoms with Gasteiger partial charge in [-0.25, -0.2) is 9.78 Å². The number of rotatable bonds is 6. The number of ether oxygens (including phenoxy) is 1. The van der Waals surface area contributed by atoms with Gasteiger partial charge in [-0.3, -0.25) is 0 Å². The Hall–Kier alpha value is -3.41. The molecule has 1 heterocycles. The van der Waals surface area contributed by atoms with Crippen LogP contribution in [-0.2, 0) is 11.2 Å². The van der Waals surface area contributed by atoms with Crippen LogP contribution in [0.5, 0.6) is 0 Å². The lowest BCUT2D eigenvalue weighted by Crippen LogP contribution is -2.04. The fourth-order valence-electron chi connectivity index (χ4n) is 2.71. The molecule has 0 aliphatic carbocycles. The Morgan fingerprint density at radius 2 is 1.78 bits per heavy atom. The number of carbonyl (C=O) groups is 1. The molecule has 0 unspecified atom stereocenters. The second-order valence-electron chi connectivity index (χ2n) is 6.05. The quantitative estimate of drug-likeness (QED) is 0.623. The average molecular weight is 362 g/mol. The second kappa shape index (κ2) is 8.31. The molecule has 0 radical (unpaired) electrons. The first kappa shape index (κ1) is 18.4. The first-order valence-corrected chi connectivity index (χ1v) is 8.75. The molecule has 0 spiro atoms. The molecule has 138 valence electrons. The highest BCUT2D eigenvalue weighted by molar-refractivity contribution is 5.89. The van der Waals surface area contributed by atoms with Crippen molar-refractivity contribution in [3.63, 3.8) is 0 Å². The predicted octanol–water partition coefficient (Wildman–Crippen LogP) is 4.62. The number of para-hydroxylation sites is 1. The Kier molecular flexibility index (Phi) is 5.66. The number of hydrogen-bond acceptors (Lipinski definition) is 6. The smallest absolute Gasteiger partial charge is 0.337 e. The van der Waals surface area contributed by atoms with Crippen LogP contribution in [-0.4, -0.2) is 23.0 Å². The number of methoxy groups -OCH3 is 1. The maximum absolute atomic E-state index is 11.5. The van der Waals surface area contributed by atoms with Gasteiger partial charge in [-0.1, -0.05) is 25.1 Å². The van der Waals surface area contributed by atoms with E-state index in [9.17, 15) is 4.79 Å². The zero-order valence-electron chi connectivity index (χ0n) is 15.6. The fraction of sp³-hybridized carbons (Fsp3) is 0.190. The van der Waals surface area contributed by atoms with Crippen molar-refractivity contribution in [3.8, 4) is 0 Å². The molecule has 6 heteroatoms. The average Bonchev–Trinajstić information content (AvgIpc) is 2.68. The summed E-state index contributed by atoms with van der Waals surface area (Å²) in [6.45, 7) is 4.03. The van der Waals surface area contributed by atoms with Crippen LogP contribution < -0.4 is 10.6 Å². The van der Waals surface area contributed by atoms with Crippen LogP contribution in [0.15, 0.2) is 54.6 Å². The maximum atomic E-state index is 11.5. The highest BCUT2D eigenvalue weighted by Gasteiger charge is 2.07. The van der Waals surface area contributed by atoms with Gasteiger partial charge in [0.2, 0.25) is 5.95 Å². The normalized spacial score (nSPS) is 10.3. The Morgan fingerprint density at radius 3 is 2.48 bits per heavy atom. The molecule has 0 amide bonds. The molecule has 6 nitrogen and oxygen atoms in total. The van der Waals surface area contributed by atoms with E-state index in [1.54, 1.807) is 12.1 Å². The molecule has 0 fully saturated rings. The molecule has 2 N–H and O–H groups in total. The molecule has 27 heavy (non-hydrogen) atoms. The second-order valence-corrected chi connectivity index (χ2v) is 6.05. The Balaban J connectivity index is 1.80. The maximum Gasteiger partial charge on any atom is 0.337 e. The van der Waals surface area contributed by atoms with Crippen molar-refractivity contribution in [1.29, 1.82) is 0 Å². The third-order valence-corrected chi connectivity index (χ3v) is 4.08. The van der Waals surface area contributed by atoms with Crippen molar-refractivity contribution in [2.75, 3.05) is 17.7 Å². The zero-order chi connectivity index (χ0) is 19.2. The lowest BCUT2D eigenvalue weighted by atomic mass is 10.1. The molecule has 1 aromatic heterocycles. The van der Waals surface area contributed by atoms with Gasteiger partial charge in [0.1, 0.15) is 5.82 Å². The first-order valence-electron chi connectivity index (χ1n) is 8.75. The van der Waals surface area contributed by atoms with Crippen molar-refractivity contribution in [2.45, 2.75) is 20.3 Å². The molecular formula is C21H22N4O2. The van der Waals surface area contributed by atoms with Gasteiger partial charge in [0, 0.05) is 23.1 Å². The highest BCUT2D eigenvalue weighted by Crippen LogP contribution is 2.22. The van der Waals surface area contributed by atoms with Crippen molar-refractivity contribution in [3.05, 3.63) is 71.4 Å². The monoisotopic (exact) mass is 362 g/mol. The number of carbonyl (C=O) groups excluding carboxylic acids is 1. The largest absolute Gasteiger partial charge is 0.465 e. The standard InChI is InChI=1S/C21H22N4O2/c1-4-15-7-5-6-8-18(15)24-21-22-14(2)13-19(25-21)23-17-11-9-16(10-12-17)20(26)27-3/h5-13H,4H2,1-3H3,(H2,22,23,24,25). The lowest BCUT2D eigenvalue weighted by molar-refractivity contribution is 0.0601. The Labute approximate surface area is 158 Å². The highest BCUT2D eigenvalue weighted by atomic mass is 16.5. The van der Waals surface area contributed by atoms with Crippen molar-refractivity contribution >= 4 is 29.1 Å². The van der Waals surface area contributed by atoms with Crippen molar-refractivity contribution in [1.82, 2.24) is 9.97 Å². The van der Waals surface area contributed by atoms with Crippen LogP contribution in [0.25, 0.3) is 0 Å². The predicted molar refractivity (Wildman–Crippen MR) is 107 cm³/mol. The van der Waals surface area contributed by atoms with E-state index in [0.717, 1.165) is 23.5 Å².